The molecule has 5 nitrogen and oxygen atoms in total. The molecule has 0 atom stereocenters. The van der Waals surface area contributed by atoms with Crippen LogP contribution in [-0.2, 0) is 6.54 Å². The van der Waals surface area contributed by atoms with Crippen molar-refractivity contribution in [1.29, 1.82) is 0 Å². The Balaban J connectivity index is 1.58. The first-order chi connectivity index (χ1) is 12.6. The minimum absolute atomic E-state index is 0.146. The highest BCUT2D eigenvalue weighted by atomic mass is 127. The van der Waals surface area contributed by atoms with E-state index in [-0.39, 0.29) is 11.8 Å². The first kappa shape index (κ1) is 18.1. The molecule has 26 heavy (non-hydrogen) atoms. The fourth-order valence-corrected chi connectivity index (χ4v) is 2.96. The molecular formula is C20H16IN3O2. The number of anilines is 1. The maximum Gasteiger partial charge on any atom is 0.256 e. The number of nitrogens with one attached hydrogen (secondary N) is 2. The van der Waals surface area contributed by atoms with Crippen LogP contribution in [0.25, 0.3) is 0 Å². The number of hydrogen-bond acceptors (Lipinski definition) is 3. The van der Waals surface area contributed by atoms with Crippen LogP contribution >= 0.6 is 22.6 Å². The number of rotatable bonds is 5. The lowest BCUT2D eigenvalue weighted by Crippen LogP contribution is -2.22. The van der Waals surface area contributed by atoms with Crippen molar-refractivity contribution in [2.75, 3.05) is 5.32 Å². The van der Waals surface area contributed by atoms with E-state index in [1.54, 1.807) is 24.4 Å². The fourth-order valence-electron chi connectivity index (χ4n) is 2.33. The van der Waals surface area contributed by atoms with Crippen molar-refractivity contribution in [3.05, 3.63) is 93.3 Å². The summed E-state index contributed by atoms with van der Waals surface area (Å²) in [6, 6.07) is 18.2. The molecule has 2 aromatic carbocycles. The molecule has 0 saturated heterocycles. The minimum Gasteiger partial charge on any atom is -0.348 e. The zero-order valence-electron chi connectivity index (χ0n) is 13.8. The van der Waals surface area contributed by atoms with Crippen LogP contribution in [0.2, 0.25) is 0 Å². The number of aromatic nitrogens is 1. The van der Waals surface area contributed by atoms with Gasteiger partial charge in [-0.25, -0.2) is 0 Å². The molecular weight excluding hydrogens is 441 g/mol. The summed E-state index contributed by atoms with van der Waals surface area (Å²) in [5.41, 5.74) is 2.81. The summed E-state index contributed by atoms with van der Waals surface area (Å²) in [5, 5.41) is 5.72. The summed E-state index contributed by atoms with van der Waals surface area (Å²) < 4.78 is 0.900. The average molecular weight is 457 g/mol. The molecule has 3 aromatic rings. The van der Waals surface area contributed by atoms with Gasteiger partial charge in [0.05, 0.1) is 11.1 Å². The predicted molar refractivity (Wildman–Crippen MR) is 109 cm³/mol. The van der Waals surface area contributed by atoms with Crippen LogP contribution in [0.15, 0.2) is 73.1 Å². The molecule has 0 aliphatic carbocycles. The van der Waals surface area contributed by atoms with Crippen molar-refractivity contribution in [2.45, 2.75) is 6.54 Å². The van der Waals surface area contributed by atoms with Crippen molar-refractivity contribution in [3.63, 3.8) is 0 Å². The van der Waals surface area contributed by atoms with Crippen LogP contribution in [-0.4, -0.2) is 16.8 Å². The third kappa shape index (κ3) is 4.66. The van der Waals surface area contributed by atoms with Gasteiger partial charge in [-0.1, -0.05) is 24.3 Å². The third-order valence-electron chi connectivity index (χ3n) is 3.71. The third-order valence-corrected chi connectivity index (χ3v) is 4.65. The first-order valence-corrected chi connectivity index (χ1v) is 9.04. The number of nitrogens with zero attached hydrogens (tertiary/aromatic N) is 1. The summed E-state index contributed by atoms with van der Waals surface area (Å²) in [5.74, 6) is -0.318. The van der Waals surface area contributed by atoms with E-state index in [1.807, 2.05) is 42.5 Å². The molecule has 1 aromatic heterocycles. The molecule has 2 amide bonds. The molecule has 6 heteroatoms. The van der Waals surface area contributed by atoms with Gasteiger partial charge in [0, 0.05) is 28.2 Å². The van der Waals surface area contributed by atoms with Crippen LogP contribution in [0.1, 0.15) is 26.3 Å². The molecule has 0 saturated carbocycles. The van der Waals surface area contributed by atoms with Gasteiger partial charge < -0.3 is 10.6 Å². The number of carbonyl (C=O) groups excluding carboxylic acids is 2. The summed E-state index contributed by atoms with van der Waals surface area (Å²) >= 11 is 2.14. The van der Waals surface area contributed by atoms with E-state index in [1.165, 1.54) is 6.20 Å². The SMILES string of the molecule is O=C(NCc1ccc(NC(=O)c2ccccc2I)cc1)c1cccnc1. The standard InChI is InChI=1S/C20H16IN3O2/c21-18-6-2-1-5-17(18)20(26)24-16-9-7-14(8-10-16)12-23-19(25)15-4-3-11-22-13-15/h1-11,13H,12H2,(H,23,25)(H,24,26). The predicted octanol–water partition coefficient (Wildman–Crippen LogP) is 3.87. The van der Waals surface area contributed by atoms with Crippen LogP contribution in [0, 0.1) is 3.57 Å². The van der Waals surface area contributed by atoms with E-state index in [9.17, 15) is 9.59 Å². The van der Waals surface area contributed by atoms with E-state index in [4.69, 9.17) is 0 Å². The fraction of sp³-hybridized carbons (Fsp3) is 0.0500. The van der Waals surface area contributed by atoms with Gasteiger partial charge in [-0.15, -0.1) is 0 Å². The average Bonchev–Trinajstić information content (AvgIpc) is 2.68. The van der Waals surface area contributed by atoms with Crippen molar-refractivity contribution >= 4 is 40.1 Å². The van der Waals surface area contributed by atoms with Crippen LogP contribution in [0.3, 0.4) is 0 Å². The molecule has 0 bridgehead atoms. The Hall–Kier alpha value is -2.74. The Labute approximate surface area is 165 Å². The van der Waals surface area contributed by atoms with E-state index in [0.717, 1.165) is 9.13 Å². The van der Waals surface area contributed by atoms with Crippen molar-refractivity contribution in [1.82, 2.24) is 10.3 Å². The van der Waals surface area contributed by atoms with Crippen molar-refractivity contribution in [3.8, 4) is 0 Å². The lowest BCUT2D eigenvalue weighted by Gasteiger charge is -2.09. The smallest absolute Gasteiger partial charge is 0.256 e. The highest BCUT2D eigenvalue weighted by molar-refractivity contribution is 14.1. The summed E-state index contributed by atoms with van der Waals surface area (Å²) in [7, 11) is 0. The molecule has 0 unspecified atom stereocenters. The number of benzene rings is 2. The molecule has 3 rings (SSSR count). The Kier molecular flexibility index (Phi) is 5.96. The second kappa shape index (κ2) is 8.57. The van der Waals surface area contributed by atoms with Gasteiger partial charge in [-0.2, -0.15) is 0 Å². The lowest BCUT2D eigenvalue weighted by molar-refractivity contribution is 0.0949. The highest BCUT2D eigenvalue weighted by Crippen LogP contribution is 2.15. The topological polar surface area (TPSA) is 71.1 Å². The Morgan fingerprint density at radius 1 is 0.923 bits per heavy atom. The summed E-state index contributed by atoms with van der Waals surface area (Å²) in [6.07, 6.45) is 3.15. The Bertz CT molecular complexity index is 912. The number of halogens is 1. The first-order valence-electron chi connectivity index (χ1n) is 7.96. The number of amides is 2. The zero-order valence-corrected chi connectivity index (χ0v) is 15.9. The number of carbonyl (C=O) groups is 2. The van der Waals surface area contributed by atoms with Gasteiger partial charge in [0.15, 0.2) is 0 Å². The minimum atomic E-state index is -0.172. The van der Waals surface area contributed by atoms with Crippen LogP contribution in [0.4, 0.5) is 5.69 Å². The largest absolute Gasteiger partial charge is 0.348 e. The molecule has 0 aliphatic heterocycles. The normalized spacial score (nSPS) is 10.2. The van der Waals surface area contributed by atoms with Gasteiger partial charge in [0.1, 0.15) is 0 Å². The van der Waals surface area contributed by atoms with Crippen molar-refractivity contribution < 1.29 is 9.59 Å². The van der Waals surface area contributed by atoms with E-state index in [0.29, 0.717) is 23.4 Å². The van der Waals surface area contributed by atoms with Gasteiger partial charge in [0.2, 0.25) is 0 Å². The lowest BCUT2D eigenvalue weighted by atomic mass is 10.1. The molecule has 0 aliphatic rings. The molecule has 0 fully saturated rings. The highest BCUT2D eigenvalue weighted by Gasteiger charge is 2.09. The van der Waals surface area contributed by atoms with Crippen LogP contribution < -0.4 is 10.6 Å². The quantitative estimate of drug-likeness (QED) is 0.572. The second-order valence-electron chi connectivity index (χ2n) is 5.56. The van der Waals surface area contributed by atoms with E-state index < -0.39 is 0 Å². The maximum atomic E-state index is 12.3. The second-order valence-corrected chi connectivity index (χ2v) is 6.72. The van der Waals surface area contributed by atoms with Crippen LogP contribution in [0.5, 0.6) is 0 Å². The van der Waals surface area contributed by atoms with Gasteiger partial charge in [-0.3, -0.25) is 14.6 Å². The van der Waals surface area contributed by atoms with E-state index in [2.05, 4.69) is 38.2 Å². The molecule has 130 valence electrons. The molecule has 2 N–H and O–H groups in total. The van der Waals surface area contributed by atoms with Gasteiger partial charge in [0.25, 0.3) is 11.8 Å². The molecule has 0 radical (unpaired) electrons. The summed E-state index contributed by atoms with van der Waals surface area (Å²) in [6.45, 7) is 0.401. The number of pyridine rings is 1. The molecule has 1 heterocycles. The van der Waals surface area contributed by atoms with Gasteiger partial charge in [-0.05, 0) is 64.6 Å². The molecule has 0 spiro atoms. The zero-order chi connectivity index (χ0) is 18.4. The van der Waals surface area contributed by atoms with Crippen molar-refractivity contribution in [2.24, 2.45) is 0 Å². The Morgan fingerprint density at radius 2 is 1.69 bits per heavy atom. The van der Waals surface area contributed by atoms with Gasteiger partial charge >= 0.3 is 0 Å². The maximum absolute atomic E-state index is 12.3. The van der Waals surface area contributed by atoms with E-state index >= 15 is 0 Å². The Morgan fingerprint density at radius 3 is 2.38 bits per heavy atom. The monoisotopic (exact) mass is 457 g/mol. The summed E-state index contributed by atoms with van der Waals surface area (Å²) in [4.78, 5) is 28.3. The number of hydrogen-bond donors (Lipinski definition) is 2.